The first kappa shape index (κ1) is 16.2. The maximum absolute atomic E-state index is 12.4. The molecule has 1 aromatic carbocycles. The van der Waals surface area contributed by atoms with Crippen LogP contribution >= 0.6 is 22.7 Å². The molecule has 0 unspecified atom stereocenters. The third-order valence-electron chi connectivity index (χ3n) is 4.27. The lowest BCUT2D eigenvalue weighted by atomic mass is 10.1. The fourth-order valence-corrected chi connectivity index (χ4v) is 4.72. The number of nitrogens with one attached hydrogen (secondary N) is 1. The Hall–Kier alpha value is -2.25. The van der Waals surface area contributed by atoms with Gasteiger partial charge in [-0.05, 0) is 35.6 Å². The number of thiophene rings is 1. The Morgan fingerprint density at radius 1 is 1.20 bits per heavy atom. The van der Waals surface area contributed by atoms with E-state index >= 15 is 0 Å². The highest BCUT2D eigenvalue weighted by atomic mass is 32.1. The van der Waals surface area contributed by atoms with E-state index in [0.29, 0.717) is 11.7 Å². The van der Waals surface area contributed by atoms with Crippen LogP contribution in [0.5, 0.6) is 0 Å². The summed E-state index contributed by atoms with van der Waals surface area (Å²) in [5.41, 5.74) is 2.11. The molecular weight excluding hydrogens is 354 g/mol. The first-order valence-corrected chi connectivity index (χ1v) is 9.87. The SMILES string of the molecule is O=C(CCC(=O)N1CCc2sccc2C1)Nc1nc2ccccc2s1. The molecule has 3 aromatic rings. The second-order valence-corrected chi connectivity index (χ2v) is 8.00. The molecule has 0 spiro atoms. The van der Waals surface area contributed by atoms with Crippen LogP contribution in [0.25, 0.3) is 10.2 Å². The second-order valence-electron chi connectivity index (χ2n) is 5.97. The van der Waals surface area contributed by atoms with Crippen LogP contribution < -0.4 is 5.32 Å². The summed E-state index contributed by atoms with van der Waals surface area (Å²) in [5.74, 6) is -0.128. The molecule has 1 aliphatic heterocycles. The van der Waals surface area contributed by atoms with E-state index in [2.05, 4.69) is 21.7 Å². The van der Waals surface area contributed by atoms with Crippen molar-refractivity contribution in [3.05, 3.63) is 46.2 Å². The van der Waals surface area contributed by atoms with Gasteiger partial charge in [0.1, 0.15) is 0 Å². The van der Waals surface area contributed by atoms with Crippen LogP contribution in [-0.4, -0.2) is 28.2 Å². The third kappa shape index (κ3) is 3.57. The first-order valence-electron chi connectivity index (χ1n) is 8.17. The number of anilines is 1. The number of carbonyl (C=O) groups excluding carboxylic acids is 2. The van der Waals surface area contributed by atoms with Crippen molar-refractivity contribution in [2.75, 3.05) is 11.9 Å². The molecule has 0 saturated heterocycles. The monoisotopic (exact) mass is 371 g/mol. The number of thiazole rings is 1. The van der Waals surface area contributed by atoms with Crippen LogP contribution in [0.3, 0.4) is 0 Å². The molecule has 0 bridgehead atoms. The highest BCUT2D eigenvalue weighted by Crippen LogP contribution is 2.26. The summed E-state index contributed by atoms with van der Waals surface area (Å²) in [6.45, 7) is 1.41. The van der Waals surface area contributed by atoms with E-state index in [-0.39, 0.29) is 24.7 Å². The molecule has 0 atom stereocenters. The van der Waals surface area contributed by atoms with Gasteiger partial charge in [-0.2, -0.15) is 0 Å². The Balaban J connectivity index is 1.30. The lowest BCUT2D eigenvalue weighted by Gasteiger charge is -2.27. The number of benzene rings is 1. The standard InChI is InChI=1S/C18H17N3O2S2/c22-16(20-18-19-13-3-1-2-4-15(13)25-18)5-6-17(23)21-9-7-14-12(11-21)8-10-24-14/h1-4,8,10H,5-7,9,11H2,(H,19,20,22). The number of hydrogen-bond acceptors (Lipinski definition) is 5. The number of rotatable bonds is 4. The predicted molar refractivity (Wildman–Crippen MR) is 101 cm³/mol. The molecule has 2 amide bonds. The van der Waals surface area contributed by atoms with Crippen molar-refractivity contribution in [3.63, 3.8) is 0 Å². The maximum Gasteiger partial charge on any atom is 0.226 e. The van der Waals surface area contributed by atoms with Crippen molar-refractivity contribution in [1.82, 2.24) is 9.88 Å². The average molecular weight is 371 g/mol. The lowest BCUT2D eigenvalue weighted by molar-refractivity contribution is -0.133. The van der Waals surface area contributed by atoms with Crippen LogP contribution in [0.15, 0.2) is 35.7 Å². The molecule has 5 nitrogen and oxygen atoms in total. The zero-order valence-corrected chi connectivity index (χ0v) is 15.2. The Labute approximate surface area is 153 Å². The summed E-state index contributed by atoms with van der Waals surface area (Å²) in [4.78, 5) is 32.1. The van der Waals surface area contributed by atoms with Crippen molar-refractivity contribution in [3.8, 4) is 0 Å². The van der Waals surface area contributed by atoms with E-state index in [9.17, 15) is 9.59 Å². The van der Waals surface area contributed by atoms with Crippen LogP contribution in [0.1, 0.15) is 23.3 Å². The molecule has 1 N–H and O–H groups in total. The Morgan fingerprint density at radius 2 is 2.08 bits per heavy atom. The van der Waals surface area contributed by atoms with Crippen LogP contribution in [0, 0.1) is 0 Å². The number of fused-ring (bicyclic) bond motifs is 2. The van der Waals surface area contributed by atoms with E-state index in [1.54, 1.807) is 11.3 Å². The van der Waals surface area contributed by atoms with Crippen LogP contribution in [0.4, 0.5) is 5.13 Å². The third-order valence-corrected chi connectivity index (χ3v) is 6.24. The molecule has 1 aliphatic rings. The van der Waals surface area contributed by atoms with Gasteiger partial charge in [-0.3, -0.25) is 9.59 Å². The van der Waals surface area contributed by atoms with Crippen LogP contribution in [0.2, 0.25) is 0 Å². The number of carbonyl (C=O) groups is 2. The van der Waals surface area contributed by atoms with Gasteiger partial charge in [0.15, 0.2) is 5.13 Å². The summed E-state index contributed by atoms with van der Waals surface area (Å²) >= 11 is 3.20. The lowest BCUT2D eigenvalue weighted by Crippen LogP contribution is -2.35. The Bertz CT molecular complexity index is 898. The zero-order chi connectivity index (χ0) is 17.2. The van der Waals surface area contributed by atoms with Crippen LogP contribution in [-0.2, 0) is 22.6 Å². The fourth-order valence-electron chi connectivity index (χ4n) is 2.95. The summed E-state index contributed by atoms with van der Waals surface area (Å²) in [6, 6.07) is 9.84. The number of para-hydroxylation sites is 1. The molecule has 0 radical (unpaired) electrons. The molecule has 128 valence electrons. The minimum Gasteiger partial charge on any atom is -0.338 e. The van der Waals surface area contributed by atoms with Gasteiger partial charge in [0.2, 0.25) is 11.8 Å². The number of hydrogen-bond donors (Lipinski definition) is 1. The highest BCUT2D eigenvalue weighted by molar-refractivity contribution is 7.22. The smallest absolute Gasteiger partial charge is 0.226 e. The van der Waals surface area contributed by atoms with E-state index in [1.165, 1.54) is 21.8 Å². The largest absolute Gasteiger partial charge is 0.338 e. The molecule has 3 heterocycles. The number of aromatic nitrogens is 1. The quantitative estimate of drug-likeness (QED) is 0.761. The van der Waals surface area contributed by atoms with Gasteiger partial charge in [-0.1, -0.05) is 23.5 Å². The number of nitrogens with zero attached hydrogens (tertiary/aromatic N) is 2. The second kappa shape index (κ2) is 6.93. The van der Waals surface area contributed by atoms with E-state index < -0.39 is 0 Å². The van der Waals surface area contributed by atoms with Gasteiger partial charge in [-0.15, -0.1) is 11.3 Å². The first-order chi connectivity index (χ1) is 12.2. The minimum absolute atomic E-state index is 0.0382. The highest BCUT2D eigenvalue weighted by Gasteiger charge is 2.21. The minimum atomic E-state index is -0.166. The summed E-state index contributed by atoms with van der Waals surface area (Å²) in [5, 5.41) is 5.46. The van der Waals surface area contributed by atoms with Gasteiger partial charge >= 0.3 is 0 Å². The van der Waals surface area contributed by atoms with E-state index in [0.717, 1.165) is 23.2 Å². The summed E-state index contributed by atoms with van der Waals surface area (Å²) in [6.07, 6.45) is 1.33. The van der Waals surface area contributed by atoms with E-state index in [1.807, 2.05) is 29.2 Å². The molecule has 0 saturated carbocycles. The Morgan fingerprint density at radius 3 is 2.96 bits per heavy atom. The topological polar surface area (TPSA) is 62.3 Å². The van der Waals surface area contributed by atoms with Crippen molar-refractivity contribution in [1.29, 1.82) is 0 Å². The van der Waals surface area contributed by atoms with Gasteiger partial charge in [-0.25, -0.2) is 4.98 Å². The average Bonchev–Trinajstić information content (AvgIpc) is 3.24. The van der Waals surface area contributed by atoms with Crippen molar-refractivity contribution >= 4 is 49.8 Å². The van der Waals surface area contributed by atoms with Crippen molar-refractivity contribution < 1.29 is 9.59 Å². The Kier molecular flexibility index (Phi) is 4.50. The fraction of sp³-hybridized carbons (Fsp3) is 0.278. The molecule has 7 heteroatoms. The van der Waals surface area contributed by atoms with E-state index in [4.69, 9.17) is 0 Å². The summed E-state index contributed by atoms with van der Waals surface area (Å²) in [7, 11) is 0. The molecule has 4 rings (SSSR count). The van der Waals surface area contributed by atoms with Gasteiger partial charge in [0.25, 0.3) is 0 Å². The molecule has 25 heavy (non-hydrogen) atoms. The summed E-state index contributed by atoms with van der Waals surface area (Å²) < 4.78 is 1.04. The predicted octanol–water partition coefficient (Wildman–Crippen LogP) is 3.66. The van der Waals surface area contributed by atoms with Crippen molar-refractivity contribution in [2.24, 2.45) is 0 Å². The molecule has 0 fully saturated rings. The zero-order valence-electron chi connectivity index (χ0n) is 13.5. The van der Waals surface area contributed by atoms with Gasteiger partial charge in [0, 0.05) is 30.8 Å². The maximum atomic E-state index is 12.4. The van der Waals surface area contributed by atoms with Gasteiger partial charge < -0.3 is 10.2 Å². The molecule has 0 aliphatic carbocycles. The number of amides is 2. The van der Waals surface area contributed by atoms with Crippen molar-refractivity contribution in [2.45, 2.75) is 25.8 Å². The normalized spacial score (nSPS) is 13.7. The van der Waals surface area contributed by atoms with Gasteiger partial charge in [0.05, 0.1) is 10.2 Å². The molecular formula is C18H17N3O2S2. The molecule has 2 aromatic heterocycles.